The predicted octanol–water partition coefficient (Wildman–Crippen LogP) is 2.08. The largest absolute Gasteiger partial charge is 0.481 e. The van der Waals surface area contributed by atoms with Crippen LogP contribution in [0.15, 0.2) is 24.4 Å². The summed E-state index contributed by atoms with van der Waals surface area (Å²) in [4.78, 5) is 31.0. The number of aromatic nitrogens is 5. The minimum atomic E-state index is -0.386. The van der Waals surface area contributed by atoms with Crippen molar-refractivity contribution in [2.45, 2.75) is 32.7 Å². The second kappa shape index (κ2) is 7.23. The van der Waals surface area contributed by atoms with Gasteiger partial charge in [0.15, 0.2) is 5.65 Å². The molecule has 3 aromatic heterocycles. The van der Waals surface area contributed by atoms with Crippen LogP contribution in [0.1, 0.15) is 30.7 Å². The summed E-state index contributed by atoms with van der Waals surface area (Å²) in [5, 5.41) is 8.34. The third kappa shape index (κ3) is 3.14. The zero-order valence-electron chi connectivity index (χ0n) is 17.3. The number of nitrogens with zero attached hydrogens (tertiary/aromatic N) is 6. The summed E-state index contributed by atoms with van der Waals surface area (Å²) in [6, 6.07) is 5.70. The van der Waals surface area contributed by atoms with Gasteiger partial charge < -0.3 is 14.5 Å². The number of fused-ring (bicyclic) bond motifs is 1. The van der Waals surface area contributed by atoms with Crippen LogP contribution < -0.4 is 9.64 Å². The van der Waals surface area contributed by atoms with Crippen LogP contribution in [-0.4, -0.2) is 62.7 Å². The molecule has 156 valence electrons. The van der Waals surface area contributed by atoms with Gasteiger partial charge in [0.2, 0.25) is 17.7 Å². The highest BCUT2D eigenvalue weighted by molar-refractivity contribution is 5.85. The number of hydrogen-bond acceptors (Lipinski definition) is 7. The van der Waals surface area contributed by atoms with Crippen LogP contribution in [-0.2, 0) is 11.3 Å². The molecule has 0 radical (unpaired) electrons. The number of carbonyl (C=O) groups is 1. The molecule has 1 atom stereocenters. The number of likely N-dealkylation sites (tertiary alicyclic amines) is 1. The van der Waals surface area contributed by atoms with Crippen LogP contribution >= 0.6 is 0 Å². The maximum Gasteiger partial charge on any atom is 0.231 e. The molecule has 0 saturated carbocycles. The van der Waals surface area contributed by atoms with Crippen LogP contribution in [0.4, 0.5) is 5.95 Å². The third-order valence-corrected chi connectivity index (χ3v) is 6.24. The Morgan fingerprint density at radius 3 is 3.03 bits per heavy atom. The monoisotopic (exact) mass is 407 g/mol. The van der Waals surface area contributed by atoms with Gasteiger partial charge in [-0.25, -0.2) is 9.97 Å². The van der Waals surface area contributed by atoms with Crippen molar-refractivity contribution in [1.29, 1.82) is 0 Å². The van der Waals surface area contributed by atoms with Crippen molar-refractivity contribution < 1.29 is 9.53 Å². The first-order valence-corrected chi connectivity index (χ1v) is 10.3. The minimum Gasteiger partial charge on any atom is -0.481 e. The van der Waals surface area contributed by atoms with E-state index in [2.05, 4.69) is 30.0 Å². The molecule has 2 aliphatic heterocycles. The van der Waals surface area contributed by atoms with Crippen molar-refractivity contribution in [2.75, 3.05) is 31.6 Å². The Labute approximate surface area is 174 Å². The van der Waals surface area contributed by atoms with Gasteiger partial charge in [-0.15, -0.1) is 0 Å². The summed E-state index contributed by atoms with van der Waals surface area (Å²) in [6.45, 7) is 4.58. The molecule has 2 fully saturated rings. The van der Waals surface area contributed by atoms with Gasteiger partial charge in [-0.3, -0.25) is 9.89 Å². The highest BCUT2D eigenvalue weighted by atomic mass is 16.5. The van der Waals surface area contributed by atoms with E-state index in [1.54, 1.807) is 13.3 Å². The average molecular weight is 407 g/mol. The molecule has 5 heterocycles. The Balaban J connectivity index is 1.36. The Morgan fingerprint density at radius 2 is 2.17 bits per heavy atom. The Morgan fingerprint density at radius 1 is 1.27 bits per heavy atom. The molecular formula is C21H25N7O2. The number of piperidine rings is 1. The van der Waals surface area contributed by atoms with Gasteiger partial charge in [0.1, 0.15) is 0 Å². The van der Waals surface area contributed by atoms with E-state index in [9.17, 15) is 4.79 Å². The molecule has 0 aromatic carbocycles. The SMILES string of the molecule is COc1cc(C)nc(N2CCC3(CCCN(Cc4n[nH]c5ncccc45)C3=O)C2)n1. The van der Waals surface area contributed by atoms with Crippen LogP contribution in [0.5, 0.6) is 5.88 Å². The van der Waals surface area contributed by atoms with Gasteiger partial charge in [0, 0.05) is 43.0 Å². The molecule has 0 aliphatic carbocycles. The Kier molecular flexibility index (Phi) is 4.52. The minimum absolute atomic E-state index is 0.205. The van der Waals surface area contributed by atoms with Crippen LogP contribution in [0.25, 0.3) is 11.0 Å². The number of methoxy groups -OCH3 is 1. The van der Waals surface area contributed by atoms with Crippen molar-refractivity contribution in [1.82, 2.24) is 30.0 Å². The lowest BCUT2D eigenvalue weighted by Crippen LogP contribution is -2.49. The molecule has 2 saturated heterocycles. The Bertz CT molecular complexity index is 1100. The molecule has 1 spiro atoms. The molecule has 1 unspecified atom stereocenters. The summed E-state index contributed by atoms with van der Waals surface area (Å²) in [7, 11) is 1.60. The maximum absolute atomic E-state index is 13.6. The second-order valence-corrected chi connectivity index (χ2v) is 8.20. The number of nitrogens with one attached hydrogen (secondary N) is 1. The zero-order chi connectivity index (χ0) is 20.7. The van der Waals surface area contributed by atoms with Crippen molar-refractivity contribution >= 4 is 22.9 Å². The van der Waals surface area contributed by atoms with Gasteiger partial charge in [-0.05, 0) is 38.3 Å². The first kappa shape index (κ1) is 18.8. The molecular weight excluding hydrogens is 382 g/mol. The first-order chi connectivity index (χ1) is 14.6. The topological polar surface area (TPSA) is 100 Å². The summed E-state index contributed by atoms with van der Waals surface area (Å²) >= 11 is 0. The normalized spacial score (nSPS) is 21.7. The summed E-state index contributed by atoms with van der Waals surface area (Å²) in [5.41, 5.74) is 2.09. The number of ether oxygens (including phenoxy) is 1. The van der Waals surface area contributed by atoms with Gasteiger partial charge in [0.05, 0.1) is 24.8 Å². The summed E-state index contributed by atoms with van der Waals surface area (Å²) < 4.78 is 5.30. The molecule has 3 aromatic rings. The highest BCUT2D eigenvalue weighted by Gasteiger charge is 2.49. The zero-order valence-corrected chi connectivity index (χ0v) is 17.3. The number of amides is 1. The Hall–Kier alpha value is -3.23. The van der Waals surface area contributed by atoms with E-state index >= 15 is 0 Å². The highest BCUT2D eigenvalue weighted by Crippen LogP contribution is 2.41. The summed E-state index contributed by atoms with van der Waals surface area (Å²) in [6.07, 6.45) is 4.43. The fourth-order valence-corrected chi connectivity index (χ4v) is 4.70. The lowest BCUT2D eigenvalue weighted by molar-refractivity contribution is -0.145. The van der Waals surface area contributed by atoms with Gasteiger partial charge in [-0.1, -0.05) is 0 Å². The fourth-order valence-electron chi connectivity index (χ4n) is 4.70. The number of aryl methyl sites for hydroxylation is 1. The average Bonchev–Trinajstić information content (AvgIpc) is 3.37. The van der Waals surface area contributed by atoms with Gasteiger partial charge in [0.25, 0.3) is 0 Å². The number of carbonyl (C=O) groups excluding carboxylic acids is 1. The molecule has 5 rings (SSSR count). The predicted molar refractivity (Wildman–Crippen MR) is 111 cm³/mol. The van der Waals surface area contributed by atoms with E-state index in [1.807, 2.05) is 30.0 Å². The molecule has 9 heteroatoms. The molecule has 30 heavy (non-hydrogen) atoms. The van der Waals surface area contributed by atoms with E-state index in [4.69, 9.17) is 4.74 Å². The van der Waals surface area contributed by atoms with Crippen molar-refractivity contribution in [3.63, 3.8) is 0 Å². The third-order valence-electron chi connectivity index (χ3n) is 6.24. The number of hydrogen-bond donors (Lipinski definition) is 1. The number of anilines is 1. The van der Waals surface area contributed by atoms with Crippen molar-refractivity contribution in [3.8, 4) is 5.88 Å². The van der Waals surface area contributed by atoms with Crippen molar-refractivity contribution in [2.24, 2.45) is 5.41 Å². The lowest BCUT2D eigenvalue weighted by Gasteiger charge is -2.39. The first-order valence-electron chi connectivity index (χ1n) is 10.3. The standard InChI is InChI=1S/C21H25N7O2/c1-14-11-17(30-2)24-20(23-14)28-10-7-21(13-28)6-4-9-27(19(21)29)12-16-15-5-3-8-22-18(15)26-25-16/h3,5,8,11H,4,6-7,9-10,12-13H2,1-2H3,(H,22,25,26). The van der Waals surface area contributed by atoms with E-state index in [0.29, 0.717) is 24.9 Å². The van der Waals surface area contributed by atoms with E-state index in [1.165, 1.54) is 0 Å². The number of pyridine rings is 1. The number of aromatic amines is 1. The van der Waals surface area contributed by atoms with Gasteiger partial charge in [-0.2, -0.15) is 10.1 Å². The van der Waals surface area contributed by atoms with Crippen molar-refractivity contribution in [3.05, 3.63) is 35.8 Å². The molecule has 9 nitrogen and oxygen atoms in total. The molecule has 0 bridgehead atoms. The lowest BCUT2D eigenvalue weighted by atomic mass is 9.78. The second-order valence-electron chi connectivity index (χ2n) is 8.20. The molecule has 2 aliphatic rings. The summed E-state index contributed by atoms with van der Waals surface area (Å²) in [5.74, 6) is 1.39. The van der Waals surface area contributed by atoms with Crippen LogP contribution in [0.2, 0.25) is 0 Å². The van der Waals surface area contributed by atoms with Gasteiger partial charge >= 0.3 is 0 Å². The van der Waals surface area contributed by atoms with E-state index in [0.717, 1.165) is 54.8 Å². The van der Waals surface area contributed by atoms with E-state index in [-0.39, 0.29) is 11.3 Å². The fraction of sp³-hybridized carbons (Fsp3) is 0.476. The maximum atomic E-state index is 13.6. The van der Waals surface area contributed by atoms with Crippen LogP contribution in [0.3, 0.4) is 0 Å². The molecule has 1 N–H and O–H groups in total. The van der Waals surface area contributed by atoms with E-state index < -0.39 is 0 Å². The number of rotatable bonds is 4. The van der Waals surface area contributed by atoms with Crippen LogP contribution in [0, 0.1) is 12.3 Å². The molecule has 1 amide bonds. The number of H-pyrrole nitrogens is 1. The smallest absolute Gasteiger partial charge is 0.231 e. The quantitative estimate of drug-likeness (QED) is 0.707.